The van der Waals surface area contributed by atoms with Gasteiger partial charge in [0.2, 0.25) is 0 Å². The van der Waals surface area contributed by atoms with Crippen molar-refractivity contribution < 1.29 is 4.42 Å². The van der Waals surface area contributed by atoms with Gasteiger partial charge in [-0.05, 0) is 163 Å². The molecule has 15 rings (SSSR count). The number of hydrogen-bond acceptors (Lipinski definition) is 3. The molecule has 3 heteroatoms. The summed E-state index contributed by atoms with van der Waals surface area (Å²) < 4.78 is 6.69. The number of benzene rings is 11. The SMILES string of the molecule is CC1(C)c2ccccc2-c2ccc(N(c3ccc(-c4ccccc4)cc3)c3ccc4oc5ccc(-c6ccc7c(c6)C6(c8ccccc8-7)c7ccccc7N(c7ccccc7)c7ccccc76)cc5c4c3)cc21. The molecule has 0 saturated heterocycles. The van der Waals surface area contributed by atoms with Crippen LogP contribution in [0.5, 0.6) is 0 Å². The summed E-state index contributed by atoms with van der Waals surface area (Å²) in [5.41, 5.74) is 25.6. The summed E-state index contributed by atoms with van der Waals surface area (Å²) in [6.07, 6.45) is 0. The minimum absolute atomic E-state index is 0.141. The van der Waals surface area contributed by atoms with Crippen molar-refractivity contribution in [2.75, 3.05) is 9.80 Å². The topological polar surface area (TPSA) is 19.6 Å². The molecule has 344 valence electrons. The van der Waals surface area contributed by atoms with Gasteiger partial charge in [0.05, 0.1) is 16.8 Å². The van der Waals surface area contributed by atoms with Gasteiger partial charge in [-0.3, -0.25) is 0 Å². The lowest BCUT2D eigenvalue weighted by molar-refractivity contribution is 0.660. The Kier molecular flexibility index (Phi) is 8.92. The molecule has 2 aliphatic carbocycles. The van der Waals surface area contributed by atoms with E-state index in [2.05, 4.69) is 278 Å². The van der Waals surface area contributed by atoms with Crippen LogP contribution in [0.15, 0.2) is 259 Å². The molecule has 3 aliphatic rings. The standard InChI is InChI=1S/C70H48N2O/c1-69(2)59-23-11-9-21-53(59)55-38-35-52(44-63(55)69)71(50-33-29-46(30-34-50)45-17-5-3-6-18-45)51-36-40-68-58(43-51)57-41-47(32-39-67(57)73-68)48-31-37-56-54-22-10-12-24-60(54)70(64(56)42-48)61-25-13-15-27-65(61)72(49-19-7-4-8-20-49)66-28-16-14-26-62(66)70/h3-44H,1-2H3. The van der Waals surface area contributed by atoms with E-state index in [4.69, 9.17) is 4.42 Å². The van der Waals surface area contributed by atoms with Crippen molar-refractivity contribution >= 4 is 56.1 Å². The van der Waals surface area contributed by atoms with Gasteiger partial charge in [-0.2, -0.15) is 0 Å². The van der Waals surface area contributed by atoms with Crippen LogP contribution in [0.1, 0.15) is 47.2 Å². The summed E-state index contributed by atoms with van der Waals surface area (Å²) in [7, 11) is 0. The molecule has 1 spiro atoms. The Balaban J connectivity index is 0.887. The molecule has 0 radical (unpaired) electrons. The Bertz CT molecular complexity index is 4140. The van der Waals surface area contributed by atoms with Crippen LogP contribution in [-0.4, -0.2) is 0 Å². The van der Waals surface area contributed by atoms with E-state index in [-0.39, 0.29) is 5.41 Å². The number of para-hydroxylation sites is 3. The van der Waals surface area contributed by atoms with Gasteiger partial charge in [-0.25, -0.2) is 0 Å². The van der Waals surface area contributed by atoms with Crippen molar-refractivity contribution in [2.24, 2.45) is 0 Å². The fraction of sp³-hybridized carbons (Fsp3) is 0.0571. The van der Waals surface area contributed by atoms with Gasteiger partial charge in [0.25, 0.3) is 0 Å². The second-order valence-corrected chi connectivity index (χ2v) is 20.4. The molecule has 0 amide bonds. The lowest BCUT2D eigenvalue weighted by atomic mass is 9.64. The van der Waals surface area contributed by atoms with E-state index in [0.717, 1.165) is 50.3 Å². The fourth-order valence-electron chi connectivity index (χ4n) is 12.9. The number of nitrogens with zero attached hydrogens (tertiary/aromatic N) is 2. The second kappa shape index (κ2) is 15.7. The van der Waals surface area contributed by atoms with Gasteiger partial charge in [0, 0.05) is 38.9 Å². The summed E-state index contributed by atoms with van der Waals surface area (Å²) in [6, 6.07) is 94.0. The lowest BCUT2D eigenvalue weighted by Crippen LogP contribution is -2.36. The maximum absolute atomic E-state index is 6.69. The predicted octanol–water partition coefficient (Wildman–Crippen LogP) is 18.8. The summed E-state index contributed by atoms with van der Waals surface area (Å²) in [5.74, 6) is 0. The molecular weight excluding hydrogens is 885 g/mol. The fourth-order valence-corrected chi connectivity index (χ4v) is 12.9. The van der Waals surface area contributed by atoms with Crippen LogP contribution >= 0.6 is 0 Å². The van der Waals surface area contributed by atoms with E-state index in [1.165, 1.54) is 83.7 Å². The highest BCUT2D eigenvalue weighted by atomic mass is 16.3. The van der Waals surface area contributed by atoms with Crippen LogP contribution in [0, 0.1) is 0 Å². The monoisotopic (exact) mass is 932 g/mol. The van der Waals surface area contributed by atoms with Crippen molar-refractivity contribution in [3.8, 4) is 44.5 Å². The van der Waals surface area contributed by atoms with Gasteiger partial charge in [0.15, 0.2) is 0 Å². The van der Waals surface area contributed by atoms with Crippen LogP contribution in [0.25, 0.3) is 66.4 Å². The molecule has 0 fully saturated rings. The molecular formula is C70H48N2O. The first kappa shape index (κ1) is 41.6. The summed E-state index contributed by atoms with van der Waals surface area (Å²) in [6.45, 7) is 4.71. The zero-order chi connectivity index (χ0) is 48.4. The molecule has 0 saturated carbocycles. The third-order valence-corrected chi connectivity index (χ3v) is 16.3. The third kappa shape index (κ3) is 6.00. The van der Waals surface area contributed by atoms with Crippen LogP contribution in [-0.2, 0) is 10.8 Å². The molecule has 3 nitrogen and oxygen atoms in total. The number of fused-ring (bicyclic) bond motifs is 15. The minimum atomic E-state index is -0.542. The first-order chi connectivity index (χ1) is 35.9. The average molecular weight is 933 g/mol. The molecule has 12 aromatic rings. The summed E-state index contributed by atoms with van der Waals surface area (Å²) in [4.78, 5) is 4.85. The van der Waals surface area contributed by atoms with Crippen molar-refractivity contribution in [3.05, 3.63) is 288 Å². The average Bonchev–Trinajstić information content (AvgIpc) is 4.13. The van der Waals surface area contributed by atoms with E-state index in [0.29, 0.717) is 0 Å². The van der Waals surface area contributed by atoms with E-state index in [9.17, 15) is 0 Å². The summed E-state index contributed by atoms with van der Waals surface area (Å²) in [5, 5.41) is 2.17. The largest absolute Gasteiger partial charge is 0.456 e. The Hall–Kier alpha value is -9.18. The molecule has 0 unspecified atom stereocenters. The first-order valence-electron chi connectivity index (χ1n) is 25.4. The molecule has 1 aromatic heterocycles. The van der Waals surface area contributed by atoms with Crippen molar-refractivity contribution in [1.29, 1.82) is 0 Å². The van der Waals surface area contributed by atoms with Crippen molar-refractivity contribution in [1.82, 2.24) is 0 Å². The summed E-state index contributed by atoms with van der Waals surface area (Å²) >= 11 is 0. The second-order valence-electron chi connectivity index (χ2n) is 20.4. The molecule has 0 atom stereocenters. The zero-order valence-corrected chi connectivity index (χ0v) is 40.6. The Morgan fingerprint density at radius 1 is 0.329 bits per heavy atom. The number of anilines is 6. The van der Waals surface area contributed by atoms with Gasteiger partial charge >= 0.3 is 0 Å². The van der Waals surface area contributed by atoms with Gasteiger partial charge in [0.1, 0.15) is 11.2 Å². The Labute approximate surface area is 425 Å². The maximum Gasteiger partial charge on any atom is 0.135 e. The van der Waals surface area contributed by atoms with Gasteiger partial charge in [-0.1, -0.05) is 184 Å². The minimum Gasteiger partial charge on any atom is -0.456 e. The van der Waals surface area contributed by atoms with Crippen molar-refractivity contribution in [2.45, 2.75) is 24.7 Å². The Morgan fingerprint density at radius 2 is 0.795 bits per heavy atom. The molecule has 2 heterocycles. The molecule has 1 aliphatic heterocycles. The number of furan rings is 1. The number of rotatable bonds is 6. The van der Waals surface area contributed by atoms with Crippen LogP contribution < -0.4 is 9.80 Å². The smallest absolute Gasteiger partial charge is 0.135 e. The van der Waals surface area contributed by atoms with Gasteiger partial charge in [-0.15, -0.1) is 0 Å². The van der Waals surface area contributed by atoms with E-state index < -0.39 is 5.41 Å². The molecule has 73 heavy (non-hydrogen) atoms. The molecule has 0 N–H and O–H groups in total. The van der Waals surface area contributed by atoms with Crippen LogP contribution in [0.4, 0.5) is 34.1 Å². The van der Waals surface area contributed by atoms with E-state index in [1.54, 1.807) is 0 Å². The van der Waals surface area contributed by atoms with Crippen LogP contribution in [0.2, 0.25) is 0 Å². The maximum atomic E-state index is 6.69. The third-order valence-electron chi connectivity index (χ3n) is 16.3. The molecule has 0 bridgehead atoms. The highest BCUT2D eigenvalue weighted by molar-refractivity contribution is 6.08. The van der Waals surface area contributed by atoms with Crippen molar-refractivity contribution in [3.63, 3.8) is 0 Å². The normalized spacial score (nSPS) is 14.1. The Morgan fingerprint density at radius 3 is 1.52 bits per heavy atom. The predicted molar refractivity (Wildman–Crippen MR) is 302 cm³/mol. The van der Waals surface area contributed by atoms with Crippen LogP contribution in [0.3, 0.4) is 0 Å². The zero-order valence-electron chi connectivity index (χ0n) is 40.6. The molecule has 11 aromatic carbocycles. The van der Waals surface area contributed by atoms with E-state index in [1.807, 2.05) is 0 Å². The quantitative estimate of drug-likeness (QED) is 0.166. The van der Waals surface area contributed by atoms with E-state index >= 15 is 0 Å². The number of hydrogen-bond donors (Lipinski definition) is 0. The highest BCUT2D eigenvalue weighted by Gasteiger charge is 2.51. The highest BCUT2D eigenvalue weighted by Crippen LogP contribution is 2.64. The van der Waals surface area contributed by atoms with Gasteiger partial charge < -0.3 is 14.2 Å². The first-order valence-corrected chi connectivity index (χ1v) is 25.4. The lowest BCUT2D eigenvalue weighted by Gasteiger charge is -2.45.